The molecule has 2 saturated heterocycles. The summed E-state index contributed by atoms with van der Waals surface area (Å²) in [7, 11) is 0. The number of piperidine rings is 1. The Hall–Kier alpha value is -0.0800. The van der Waals surface area contributed by atoms with Gasteiger partial charge in [0.1, 0.15) is 0 Å². The first-order valence-electron chi connectivity index (χ1n) is 6.33. The van der Waals surface area contributed by atoms with Crippen LogP contribution in [-0.2, 0) is 0 Å². The zero-order valence-electron chi connectivity index (χ0n) is 9.63. The van der Waals surface area contributed by atoms with Crippen molar-refractivity contribution in [3.63, 3.8) is 0 Å². The second-order valence-electron chi connectivity index (χ2n) is 4.84. The van der Waals surface area contributed by atoms with Gasteiger partial charge >= 0.3 is 0 Å². The van der Waals surface area contributed by atoms with E-state index in [1.54, 1.807) is 0 Å². The van der Waals surface area contributed by atoms with Crippen LogP contribution in [0, 0.1) is 5.92 Å². The number of fused-ring (bicyclic) bond motifs is 1. The Labute approximate surface area is 88.1 Å². The van der Waals surface area contributed by atoms with Crippen LogP contribution in [-0.4, -0.2) is 36.6 Å². The van der Waals surface area contributed by atoms with Crippen molar-refractivity contribution < 1.29 is 0 Å². The third kappa shape index (κ3) is 1.82. The fourth-order valence-electron chi connectivity index (χ4n) is 3.31. The molecule has 14 heavy (non-hydrogen) atoms. The number of hydrogen-bond donors (Lipinski definition) is 1. The lowest BCUT2D eigenvalue weighted by atomic mass is 9.90. The molecular formula is C12H24N2. The van der Waals surface area contributed by atoms with Crippen LogP contribution in [0.1, 0.15) is 39.5 Å². The van der Waals surface area contributed by atoms with E-state index in [1.165, 1.54) is 45.3 Å². The van der Waals surface area contributed by atoms with Crippen LogP contribution >= 0.6 is 0 Å². The quantitative estimate of drug-likeness (QED) is 0.741. The summed E-state index contributed by atoms with van der Waals surface area (Å²) in [4.78, 5) is 2.79. The van der Waals surface area contributed by atoms with Gasteiger partial charge in [0.2, 0.25) is 0 Å². The molecule has 2 rings (SSSR count). The second-order valence-corrected chi connectivity index (χ2v) is 4.84. The molecule has 0 unspecified atom stereocenters. The van der Waals surface area contributed by atoms with E-state index >= 15 is 0 Å². The van der Waals surface area contributed by atoms with Crippen molar-refractivity contribution in [1.82, 2.24) is 10.2 Å². The highest BCUT2D eigenvalue weighted by Gasteiger charge is 2.36. The fourth-order valence-corrected chi connectivity index (χ4v) is 3.31. The van der Waals surface area contributed by atoms with Gasteiger partial charge < -0.3 is 5.32 Å². The van der Waals surface area contributed by atoms with Gasteiger partial charge in [0.25, 0.3) is 0 Å². The van der Waals surface area contributed by atoms with Crippen LogP contribution in [0.15, 0.2) is 0 Å². The van der Waals surface area contributed by atoms with Crippen molar-refractivity contribution >= 4 is 0 Å². The molecule has 2 aliphatic heterocycles. The van der Waals surface area contributed by atoms with E-state index in [1.807, 2.05) is 0 Å². The molecule has 0 spiro atoms. The summed E-state index contributed by atoms with van der Waals surface area (Å²) in [6, 6.07) is 1.69. The van der Waals surface area contributed by atoms with Gasteiger partial charge in [-0.2, -0.15) is 0 Å². The number of likely N-dealkylation sites (tertiary alicyclic amines) is 1. The van der Waals surface area contributed by atoms with Crippen LogP contribution in [0.3, 0.4) is 0 Å². The molecule has 0 radical (unpaired) electrons. The van der Waals surface area contributed by atoms with E-state index in [4.69, 9.17) is 0 Å². The lowest BCUT2D eigenvalue weighted by Gasteiger charge is -2.41. The van der Waals surface area contributed by atoms with Gasteiger partial charge in [0.05, 0.1) is 0 Å². The fraction of sp³-hybridized carbons (Fsp3) is 1.00. The Bertz CT molecular complexity index is 177. The van der Waals surface area contributed by atoms with E-state index in [9.17, 15) is 0 Å². The lowest BCUT2D eigenvalue weighted by molar-refractivity contribution is 0.0728. The standard InChI is InChI=1S/C12H24N2/c1-3-11(4-2)14-7-5-6-10-8-13-9-12(10)14/h10-13H,3-9H2,1-2H3/t10-,12+/m1/s1. The third-order valence-corrected chi connectivity index (χ3v) is 4.13. The van der Waals surface area contributed by atoms with Crippen molar-refractivity contribution in [2.24, 2.45) is 5.92 Å². The van der Waals surface area contributed by atoms with Gasteiger partial charge in [-0.3, -0.25) is 4.90 Å². The first-order chi connectivity index (χ1) is 6.86. The Kier molecular flexibility index (Phi) is 3.45. The van der Waals surface area contributed by atoms with Crippen LogP contribution in [0.5, 0.6) is 0 Å². The average molecular weight is 196 g/mol. The molecule has 0 saturated carbocycles. The Morgan fingerprint density at radius 2 is 2.07 bits per heavy atom. The maximum absolute atomic E-state index is 3.56. The summed E-state index contributed by atoms with van der Waals surface area (Å²) in [5.74, 6) is 0.948. The van der Waals surface area contributed by atoms with Gasteiger partial charge in [-0.1, -0.05) is 13.8 Å². The molecule has 0 aromatic rings. The van der Waals surface area contributed by atoms with Crippen molar-refractivity contribution in [3.8, 4) is 0 Å². The Balaban J connectivity index is 2.01. The average Bonchev–Trinajstić information content (AvgIpc) is 2.68. The summed E-state index contributed by atoms with van der Waals surface area (Å²) in [5.41, 5.74) is 0. The normalized spacial score (nSPS) is 33.6. The van der Waals surface area contributed by atoms with Crippen LogP contribution in [0.25, 0.3) is 0 Å². The molecule has 0 aliphatic carbocycles. The van der Waals surface area contributed by atoms with Crippen molar-refractivity contribution in [3.05, 3.63) is 0 Å². The molecule has 0 amide bonds. The van der Waals surface area contributed by atoms with E-state index in [0.717, 1.165) is 18.0 Å². The van der Waals surface area contributed by atoms with Gasteiger partial charge in [0, 0.05) is 18.6 Å². The SMILES string of the molecule is CCC(CC)N1CCC[C@@H]2CNC[C@@H]21. The summed E-state index contributed by atoms with van der Waals surface area (Å²) >= 11 is 0. The molecule has 2 atom stereocenters. The predicted octanol–water partition coefficient (Wildman–Crippen LogP) is 1.86. The molecule has 2 heterocycles. The van der Waals surface area contributed by atoms with Gasteiger partial charge in [-0.15, -0.1) is 0 Å². The highest BCUT2D eigenvalue weighted by atomic mass is 15.2. The predicted molar refractivity (Wildman–Crippen MR) is 60.5 cm³/mol. The van der Waals surface area contributed by atoms with Crippen LogP contribution < -0.4 is 5.32 Å². The third-order valence-electron chi connectivity index (χ3n) is 4.13. The van der Waals surface area contributed by atoms with Gasteiger partial charge in [0.15, 0.2) is 0 Å². The second kappa shape index (κ2) is 4.63. The smallest absolute Gasteiger partial charge is 0.0263 e. The molecule has 0 aromatic carbocycles. The highest BCUT2D eigenvalue weighted by Crippen LogP contribution is 2.29. The van der Waals surface area contributed by atoms with Crippen molar-refractivity contribution in [2.75, 3.05) is 19.6 Å². The van der Waals surface area contributed by atoms with Crippen molar-refractivity contribution in [2.45, 2.75) is 51.6 Å². The maximum atomic E-state index is 3.56. The maximum Gasteiger partial charge on any atom is 0.0263 e. The molecule has 82 valence electrons. The molecular weight excluding hydrogens is 172 g/mol. The minimum atomic E-state index is 0.836. The molecule has 2 nitrogen and oxygen atoms in total. The monoisotopic (exact) mass is 196 g/mol. The Morgan fingerprint density at radius 1 is 1.29 bits per heavy atom. The number of nitrogens with zero attached hydrogens (tertiary/aromatic N) is 1. The molecule has 0 aromatic heterocycles. The number of nitrogens with one attached hydrogen (secondary N) is 1. The minimum absolute atomic E-state index is 0.836. The van der Waals surface area contributed by atoms with Gasteiger partial charge in [-0.05, 0) is 44.7 Å². The summed E-state index contributed by atoms with van der Waals surface area (Å²) in [6.45, 7) is 8.51. The molecule has 2 aliphatic rings. The molecule has 2 fully saturated rings. The number of hydrogen-bond acceptors (Lipinski definition) is 2. The topological polar surface area (TPSA) is 15.3 Å². The van der Waals surface area contributed by atoms with Crippen LogP contribution in [0.4, 0.5) is 0 Å². The zero-order valence-corrected chi connectivity index (χ0v) is 9.63. The highest BCUT2D eigenvalue weighted by molar-refractivity contribution is 4.94. The summed E-state index contributed by atoms with van der Waals surface area (Å²) in [6.07, 6.45) is 5.51. The van der Waals surface area contributed by atoms with Crippen LogP contribution in [0.2, 0.25) is 0 Å². The van der Waals surface area contributed by atoms with Gasteiger partial charge in [-0.25, -0.2) is 0 Å². The van der Waals surface area contributed by atoms with E-state index in [0.29, 0.717) is 0 Å². The number of rotatable bonds is 3. The first-order valence-corrected chi connectivity index (χ1v) is 6.33. The molecule has 0 bridgehead atoms. The van der Waals surface area contributed by atoms with E-state index in [2.05, 4.69) is 24.1 Å². The zero-order chi connectivity index (χ0) is 9.97. The summed E-state index contributed by atoms with van der Waals surface area (Å²) in [5, 5.41) is 3.56. The minimum Gasteiger partial charge on any atom is -0.315 e. The largest absolute Gasteiger partial charge is 0.315 e. The first kappa shape index (κ1) is 10.4. The Morgan fingerprint density at radius 3 is 2.79 bits per heavy atom. The van der Waals surface area contributed by atoms with Crippen molar-refractivity contribution in [1.29, 1.82) is 0 Å². The molecule has 2 heteroatoms. The lowest BCUT2D eigenvalue weighted by Crippen LogP contribution is -2.50. The summed E-state index contributed by atoms with van der Waals surface area (Å²) < 4.78 is 0. The van der Waals surface area contributed by atoms with E-state index in [-0.39, 0.29) is 0 Å². The molecule has 1 N–H and O–H groups in total. The van der Waals surface area contributed by atoms with E-state index < -0.39 is 0 Å².